The predicted molar refractivity (Wildman–Crippen MR) is 259 cm³/mol. The number of carbonyl (C=O) groups excluding carboxylic acids is 3. The number of carbonyl (C=O) groups is 3. The summed E-state index contributed by atoms with van der Waals surface area (Å²) in [6, 6.07) is 0. The molecule has 7 heteroatoms. The van der Waals surface area contributed by atoms with E-state index in [4.69, 9.17) is 0 Å². The van der Waals surface area contributed by atoms with E-state index in [2.05, 4.69) is 130 Å². The summed E-state index contributed by atoms with van der Waals surface area (Å²) in [7, 11) is 0. The minimum absolute atomic E-state index is 0. The molecule has 342 valence electrons. The molecule has 0 aliphatic heterocycles. The molecule has 0 aromatic carbocycles. The van der Waals surface area contributed by atoms with Gasteiger partial charge in [0.05, 0.1) is 0 Å². The fourth-order valence-corrected chi connectivity index (χ4v) is 5.67. The monoisotopic (exact) mass is 859 g/mol. The van der Waals surface area contributed by atoms with Crippen molar-refractivity contribution >= 4 is 35.3 Å². The summed E-state index contributed by atoms with van der Waals surface area (Å²) in [6.07, 6.45) is 69.1. The topological polar surface area (TPSA) is 120 Å². The first-order valence-corrected chi connectivity index (χ1v) is 23.8. The molecule has 0 saturated heterocycles. The SMILES string of the molecule is CC/C=C\C/C=C\C/C=C\CCCCCCCC(=O)[O-].CC/C=C\C/C=C\C/C=C\CCCCCCCC(=O)[O-].CC/C=C\C/C=C\C/C=C\CCCCCCCC(=O)[O-].[Al+3]. The third-order valence-electron chi connectivity index (χ3n) is 9.10. The molecule has 0 saturated carbocycles. The molecule has 0 aliphatic rings. The molecule has 0 amide bonds. The Hall–Kier alpha value is -3.40. The Labute approximate surface area is 386 Å². The van der Waals surface area contributed by atoms with Crippen molar-refractivity contribution in [3.63, 3.8) is 0 Å². The zero-order chi connectivity index (χ0) is 44.7. The number of hydrogen-bond donors (Lipinski definition) is 0. The fourth-order valence-electron chi connectivity index (χ4n) is 5.67. The van der Waals surface area contributed by atoms with Gasteiger partial charge in [0.15, 0.2) is 0 Å². The Morgan fingerprint density at radius 1 is 0.279 bits per heavy atom. The summed E-state index contributed by atoms with van der Waals surface area (Å²) in [5.41, 5.74) is 0. The Bertz CT molecular complexity index is 1060. The summed E-state index contributed by atoms with van der Waals surface area (Å²) in [4.78, 5) is 30.6. The van der Waals surface area contributed by atoms with Crippen molar-refractivity contribution in [1.82, 2.24) is 0 Å². The second-order valence-electron chi connectivity index (χ2n) is 14.9. The first kappa shape index (κ1) is 64.2. The van der Waals surface area contributed by atoms with Crippen LogP contribution in [0.5, 0.6) is 0 Å². The molecule has 0 aromatic rings. The van der Waals surface area contributed by atoms with Gasteiger partial charge in [0.25, 0.3) is 0 Å². The molecule has 0 atom stereocenters. The average molecular weight is 859 g/mol. The normalized spacial score (nSPS) is 11.9. The van der Waals surface area contributed by atoms with Crippen LogP contribution in [0.3, 0.4) is 0 Å². The maximum absolute atomic E-state index is 10.2. The standard InChI is InChI=1S/3C18H30O2.Al/c3*1-2-3-4-5-6-7-8-9-10-11-12-13-14-15-16-17-18(19)20;/h3*3-4,6-7,9-10H,2,5,8,11-17H2,1H3,(H,19,20);/q;;;+3/p-3/b3*4-3-,7-6-,10-9-;. The van der Waals surface area contributed by atoms with Gasteiger partial charge < -0.3 is 29.7 Å². The van der Waals surface area contributed by atoms with Crippen molar-refractivity contribution in [3.05, 3.63) is 109 Å². The van der Waals surface area contributed by atoms with E-state index in [0.29, 0.717) is 0 Å². The summed E-state index contributed by atoms with van der Waals surface area (Å²) < 4.78 is 0. The number of carboxylic acids is 3. The molecule has 0 fully saturated rings. The maximum atomic E-state index is 10.2. The summed E-state index contributed by atoms with van der Waals surface area (Å²) in [6.45, 7) is 6.44. The van der Waals surface area contributed by atoms with E-state index in [9.17, 15) is 29.7 Å². The second kappa shape index (κ2) is 60.9. The largest absolute Gasteiger partial charge is 3.00 e. The van der Waals surface area contributed by atoms with Crippen molar-refractivity contribution in [2.24, 2.45) is 0 Å². The van der Waals surface area contributed by atoms with Crippen LogP contribution in [0.15, 0.2) is 109 Å². The molecule has 0 spiro atoms. The van der Waals surface area contributed by atoms with E-state index in [0.717, 1.165) is 135 Å². The van der Waals surface area contributed by atoms with Crippen molar-refractivity contribution in [2.45, 2.75) is 213 Å². The van der Waals surface area contributed by atoms with E-state index in [1.54, 1.807) is 0 Å². The van der Waals surface area contributed by atoms with Gasteiger partial charge >= 0.3 is 17.4 Å². The van der Waals surface area contributed by atoms with Gasteiger partial charge in [-0.1, -0.05) is 188 Å². The van der Waals surface area contributed by atoms with Gasteiger partial charge in [-0.05, 0) is 135 Å². The summed E-state index contributed by atoms with van der Waals surface area (Å²) >= 11 is 0. The van der Waals surface area contributed by atoms with E-state index >= 15 is 0 Å². The van der Waals surface area contributed by atoms with Crippen LogP contribution >= 0.6 is 0 Å². The number of rotatable bonds is 39. The molecular formula is C54H87AlO6. The van der Waals surface area contributed by atoms with Gasteiger partial charge in [0.2, 0.25) is 0 Å². The summed E-state index contributed by atoms with van der Waals surface area (Å²) in [5, 5.41) is 30.6. The number of unbranched alkanes of at least 4 members (excludes halogenated alkanes) is 15. The number of aliphatic carboxylic acids is 3. The van der Waals surface area contributed by atoms with E-state index in [-0.39, 0.29) is 36.6 Å². The van der Waals surface area contributed by atoms with Crippen LogP contribution in [0, 0.1) is 0 Å². The van der Waals surface area contributed by atoms with Gasteiger partial charge in [0.1, 0.15) is 0 Å². The van der Waals surface area contributed by atoms with Crippen LogP contribution in [-0.2, 0) is 14.4 Å². The molecule has 0 heterocycles. The molecule has 61 heavy (non-hydrogen) atoms. The Kier molecular flexibility index (Phi) is 64.1. The van der Waals surface area contributed by atoms with Gasteiger partial charge in [-0.2, -0.15) is 0 Å². The minimum atomic E-state index is -0.925. The zero-order valence-corrected chi connectivity index (χ0v) is 40.3. The van der Waals surface area contributed by atoms with Crippen molar-refractivity contribution in [3.8, 4) is 0 Å². The van der Waals surface area contributed by atoms with Gasteiger partial charge in [-0.3, -0.25) is 0 Å². The Balaban J connectivity index is -0.000000396. The molecule has 0 unspecified atom stereocenters. The molecule has 0 N–H and O–H groups in total. The molecule has 0 rings (SSSR count). The third-order valence-corrected chi connectivity index (χ3v) is 9.10. The fraction of sp³-hybridized carbons (Fsp3) is 0.611. The van der Waals surface area contributed by atoms with E-state index < -0.39 is 17.9 Å². The molecule has 0 bridgehead atoms. The first-order valence-electron chi connectivity index (χ1n) is 23.8. The van der Waals surface area contributed by atoms with Crippen LogP contribution in [0.4, 0.5) is 0 Å². The van der Waals surface area contributed by atoms with Crippen LogP contribution < -0.4 is 15.3 Å². The predicted octanol–water partition coefficient (Wildman–Crippen LogP) is 12.6. The third kappa shape index (κ3) is 74.5. The molecule has 0 radical (unpaired) electrons. The van der Waals surface area contributed by atoms with Crippen LogP contribution in [0.1, 0.15) is 213 Å². The van der Waals surface area contributed by atoms with Crippen LogP contribution in [0.25, 0.3) is 0 Å². The Morgan fingerprint density at radius 2 is 0.459 bits per heavy atom. The first-order chi connectivity index (χ1) is 29.3. The van der Waals surface area contributed by atoms with Gasteiger partial charge in [0, 0.05) is 17.9 Å². The smallest absolute Gasteiger partial charge is 0.550 e. The van der Waals surface area contributed by atoms with Crippen molar-refractivity contribution in [1.29, 1.82) is 0 Å². The number of hydrogen-bond acceptors (Lipinski definition) is 6. The van der Waals surface area contributed by atoms with Gasteiger partial charge in [-0.15, -0.1) is 0 Å². The number of carboxylic acid groups (broad SMARTS) is 3. The Morgan fingerprint density at radius 3 is 0.672 bits per heavy atom. The van der Waals surface area contributed by atoms with Gasteiger partial charge in [-0.25, -0.2) is 0 Å². The quantitative estimate of drug-likeness (QED) is 0.0345. The maximum Gasteiger partial charge on any atom is 3.00 e. The molecule has 6 nitrogen and oxygen atoms in total. The minimum Gasteiger partial charge on any atom is -0.550 e. The van der Waals surface area contributed by atoms with E-state index in [1.807, 2.05) is 0 Å². The number of allylic oxidation sites excluding steroid dienone is 18. The van der Waals surface area contributed by atoms with Crippen molar-refractivity contribution < 1.29 is 29.7 Å². The zero-order valence-electron chi connectivity index (χ0n) is 39.1. The molecular weight excluding hydrogens is 772 g/mol. The summed E-state index contributed by atoms with van der Waals surface area (Å²) in [5.74, 6) is -2.77. The molecule has 0 aliphatic carbocycles. The van der Waals surface area contributed by atoms with Crippen LogP contribution in [0.2, 0.25) is 0 Å². The van der Waals surface area contributed by atoms with E-state index in [1.165, 1.54) is 38.5 Å². The van der Waals surface area contributed by atoms with Crippen molar-refractivity contribution in [2.75, 3.05) is 0 Å². The molecule has 0 aromatic heterocycles. The second-order valence-corrected chi connectivity index (χ2v) is 14.9. The average Bonchev–Trinajstić information content (AvgIpc) is 3.22. The van der Waals surface area contributed by atoms with Crippen LogP contribution in [-0.4, -0.2) is 35.3 Å².